The summed E-state index contributed by atoms with van der Waals surface area (Å²) in [7, 11) is 0. The normalized spacial score (nSPS) is 22.5. The highest BCUT2D eigenvalue weighted by molar-refractivity contribution is 5.88. The molecular weight excluding hydrogens is 348 g/mol. The molecule has 1 N–H and O–H groups in total. The fourth-order valence-corrected chi connectivity index (χ4v) is 5.14. The zero-order valence-corrected chi connectivity index (χ0v) is 16.4. The van der Waals surface area contributed by atoms with Crippen LogP contribution in [0.2, 0.25) is 0 Å². The van der Waals surface area contributed by atoms with E-state index in [4.69, 9.17) is 4.98 Å². The van der Waals surface area contributed by atoms with E-state index in [1.807, 2.05) is 6.20 Å². The number of aromatic nitrogens is 2. The SMILES string of the molecule is O=C1CCc2cnc(Nc3ccc(N4CCCC4)cc3)nc2C1C1CCCC1. The zero-order chi connectivity index (χ0) is 18.9. The van der Waals surface area contributed by atoms with Crippen molar-refractivity contribution in [2.45, 2.75) is 57.3 Å². The average molecular weight is 377 g/mol. The molecule has 0 radical (unpaired) electrons. The predicted molar refractivity (Wildman–Crippen MR) is 111 cm³/mol. The lowest BCUT2D eigenvalue weighted by molar-refractivity contribution is -0.122. The Morgan fingerprint density at radius 3 is 2.46 bits per heavy atom. The van der Waals surface area contributed by atoms with E-state index in [0.717, 1.165) is 49.3 Å². The van der Waals surface area contributed by atoms with Crippen molar-refractivity contribution in [1.29, 1.82) is 0 Å². The minimum atomic E-state index is -0.0210. The first kappa shape index (κ1) is 17.7. The van der Waals surface area contributed by atoms with Gasteiger partial charge in [0, 0.05) is 37.1 Å². The highest BCUT2D eigenvalue weighted by Gasteiger charge is 2.37. The molecule has 1 aliphatic heterocycles. The van der Waals surface area contributed by atoms with E-state index in [2.05, 4.69) is 39.5 Å². The van der Waals surface area contributed by atoms with Crippen LogP contribution in [0, 0.1) is 5.92 Å². The Morgan fingerprint density at radius 1 is 0.964 bits per heavy atom. The van der Waals surface area contributed by atoms with E-state index in [1.54, 1.807) is 0 Å². The van der Waals surface area contributed by atoms with E-state index >= 15 is 0 Å². The molecule has 2 aliphatic carbocycles. The number of anilines is 3. The summed E-state index contributed by atoms with van der Waals surface area (Å²) >= 11 is 0. The fraction of sp³-hybridized carbons (Fsp3) is 0.522. The minimum absolute atomic E-state index is 0.0210. The largest absolute Gasteiger partial charge is 0.372 e. The van der Waals surface area contributed by atoms with Gasteiger partial charge in [-0.25, -0.2) is 9.97 Å². The molecule has 5 rings (SSSR count). The summed E-state index contributed by atoms with van der Waals surface area (Å²) in [6, 6.07) is 8.51. The molecule has 1 aromatic carbocycles. The van der Waals surface area contributed by atoms with Crippen LogP contribution in [0.4, 0.5) is 17.3 Å². The van der Waals surface area contributed by atoms with Crippen LogP contribution in [-0.2, 0) is 11.2 Å². The summed E-state index contributed by atoms with van der Waals surface area (Å²) in [5.41, 5.74) is 4.41. The summed E-state index contributed by atoms with van der Waals surface area (Å²) in [6.45, 7) is 2.30. The van der Waals surface area contributed by atoms with Crippen LogP contribution in [0.25, 0.3) is 0 Å². The molecule has 1 unspecified atom stereocenters. The van der Waals surface area contributed by atoms with Gasteiger partial charge in [-0.1, -0.05) is 12.8 Å². The molecule has 2 heterocycles. The molecule has 0 bridgehead atoms. The molecule has 1 atom stereocenters. The van der Waals surface area contributed by atoms with Crippen molar-refractivity contribution in [3.63, 3.8) is 0 Å². The second kappa shape index (κ2) is 7.53. The number of ketones is 1. The third kappa shape index (κ3) is 3.38. The van der Waals surface area contributed by atoms with Gasteiger partial charge in [0.15, 0.2) is 0 Å². The topological polar surface area (TPSA) is 58.1 Å². The van der Waals surface area contributed by atoms with Crippen LogP contribution < -0.4 is 10.2 Å². The molecule has 0 spiro atoms. The van der Waals surface area contributed by atoms with Crippen LogP contribution in [0.1, 0.15) is 62.1 Å². The van der Waals surface area contributed by atoms with E-state index in [-0.39, 0.29) is 5.92 Å². The van der Waals surface area contributed by atoms with Crippen molar-refractivity contribution >= 4 is 23.1 Å². The molecular formula is C23H28N4O. The maximum atomic E-state index is 12.7. The lowest BCUT2D eigenvalue weighted by Crippen LogP contribution is -2.27. The van der Waals surface area contributed by atoms with Gasteiger partial charge >= 0.3 is 0 Å². The van der Waals surface area contributed by atoms with Crippen molar-refractivity contribution < 1.29 is 4.79 Å². The maximum Gasteiger partial charge on any atom is 0.227 e. The van der Waals surface area contributed by atoms with Crippen LogP contribution in [0.15, 0.2) is 30.5 Å². The molecule has 0 amide bonds. The molecule has 28 heavy (non-hydrogen) atoms. The summed E-state index contributed by atoms with van der Waals surface area (Å²) in [5.74, 6) is 1.42. The number of carbonyl (C=O) groups excluding carboxylic acids is 1. The van der Waals surface area contributed by atoms with E-state index < -0.39 is 0 Å². The Kier molecular flexibility index (Phi) is 4.75. The Hall–Kier alpha value is -2.43. The number of carbonyl (C=O) groups is 1. The van der Waals surface area contributed by atoms with E-state index in [1.165, 1.54) is 31.4 Å². The molecule has 5 heteroatoms. The Balaban J connectivity index is 1.37. The van der Waals surface area contributed by atoms with Gasteiger partial charge in [0.25, 0.3) is 0 Å². The number of Topliss-reactive ketones (excluding diaryl/α,β-unsaturated/α-hetero) is 1. The maximum absolute atomic E-state index is 12.7. The van der Waals surface area contributed by atoms with Crippen LogP contribution in [0.5, 0.6) is 0 Å². The highest BCUT2D eigenvalue weighted by atomic mass is 16.1. The second-order valence-corrected chi connectivity index (χ2v) is 8.46. The van der Waals surface area contributed by atoms with Crippen molar-refractivity contribution in [3.8, 4) is 0 Å². The second-order valence-electron chi connectivity index (χ2n) is 8.46. The number of nitrogens with zero attached hydrogens (tertiary/aromatic N) is 3. The van der Waals surface area contributed by atoms with Crippen molar-refractivity contribution in [1.82, 2.24) is 9.97 Å². The molecule has 3 aliphatic rings. The Morgan fingerprint density at radius 2 is 1.71 bits per heavy atom. The highest BCUT2D eigenvalue weighted by Crippen LogP contribution is 2.41. The average Bonchev–Trinajstić information content (AvgIpc) is 3.43. The quantitative estimate of drug-likeness (QED) is 0.844. The lowest BCUT2D eigenvalue weighted by atomic mass is 9.77. The first-order valence-electron chi connectivity index (χ1n) is 10.8. The van der Waals surface area contributed by atoms with Crippen LogP contribution >= 0.6 is 0 Å². The number of fused-ring (bicyclic) bond motifs is 1. The Bertz CT molecular complexity index is 851. The van der Waals surface area contributed by atoms with E-state index in [0.29, 0.717) is 24.1 Å². The number of hydrogen-bond acceptors (Lipinski definition) is 5. The molecule has 2 fully saturated rings. The summed E-state index contributed by atoms with van der Waals surface area (Å²) in [5, 5.41) is 3.35. The van der Waals surface area contributed by atoms with Crippen molar-refractivity contribution in [2.75, 3.05) is 23.3 Å². The number of hydrogen-bond donors (Lipinski definition) is 1. The van der Waals surface area contributed by atoms with E-state index in [9.17, 15) is 4.79 Å². The van der Waals surface area contributed by atoms with Gasteiger partial charge in [-0.05, 0) is 67.9 Å². The standard InChI is InChI=1S/C23H28N4O/c28-20-12-7-17-15-24-23(26-22(17)21(20)16-5-1-2-6-16)25-18-8-10-19(11-9-18)27-13-3-4-14-27/h8-11,15-16,21H,1-7,12-14H2,(H,24,25,26). The van der Waals surface area contributed by atoms with Crippen LogP contribution in [-0.4, -0.2) is 28.8 Å². The third-order valence-electron chi connectivity index (χ3n) is 6.65. The molecule has 146 valence electrons. The van der Waals surface area contributed by atoms with Gasteiger partial charge in [0.2, 0.25) is 5.95 Å². The van der Waals surface area contributed by atoms with Crippen molar-refractivity contribution in [2.24, 2.45) is 5.92 Å². The van der Waals surface area contributed by atoms with Gasteiger partial charge in [-0.3, -0.25) is 4.79 Å². The number of benzene rings is 1. The van der Waals surface area contributed by atoms with Gasteiger partial charge in [-0.2, -0.15) is 0 Å². The molecule has 1 saturated carbocycles. The molecule has 2 aromatic rings. The summed E-state index contributed by atoms with van der Waals surface area (Å²) < 4.78 is 0. The monoisotopic (exact) mass is 376 g/mol. The van der Waals surface area contributed by atoms with Gasteiger partial charge in [-0.15, -0.1) is 0 Å². The number of nitrogens with one attached hydrogen (secondary N) is 1. The van der Waals surface area contributed by atoms with Crippen molar-refractivity contribution in [3.05, 3.63) is 41.7 Å². The summed E-state index contributed by atoms with van der Waals surface area (Å²) in [6.07, 6.45) is 10.7. The van der Waals surface area contributed by atoms with Gasteiger partial charge < -0.3 is 10.2 Å². The lowest BCUT2D eigenvalue weighted by Gasteiger charge is -2.28. The Labute approximate surface area is 166 Å². The van der Waals surface area contributed by atoms with Crippen LogP contribution in [0.3, 0.4) is 0 Å². The fourth-order valence-electron chi connectivity index (χ4n) is 5.14. The first-order valence-corrected chi connectivity index (χ1v) is 10.8. The predicted octanol–water partition coefficient (Wildman–Crippen LogP) is 4.61. The molecule has 1 saturated heterocycles. The first-order chi connectivity index (χ1) is 13.8. The molecule has 1 aromatic heterocycles. The van der Waals surface area contributed by atoms with Gasteiger partial charge in [0.1, 0.15) is 5.78 Å². The molecule has 5 nitrogen and oxygen atoms in total. The smallest absolute Gasteiger partial charge is 0.227 e. The zero-order valence-electron chi connectivity index (χ0n) is 16.4. The number of rotatable bonds is 4. The van der Waals surface area contributed by atoms with Gasteiger partial charge in [0.05, 0.1) is 11.6 Å². The third-order valence-corrected chi connectivity index (χ3v) is 6.65. The minimum Gasteiger partial charge on any atom is -0.372 e. The number of aryl methyl sites for hydroxylation is 1. The summed E-state index contributed by atoms with van der Waals surface area (Å²) in [4.78, 5) is 24.5.